The van der Waals surface area contributed by atoms with Crippen LogP contribution in [0.1, 0.15) is 38.3 Å². The molecule has 0 atom stereocenters. The van der Waals surface area contributed by atoms with Gasteiger partial charge in [0.1, 0.15) is 5.75 Å². The third-order valence-corrected chi connectivity index (χ3v) is 4.07. The smallest absolute Gasteiger partial charge is 0.222 e. The lowest BCUT2D eigenvalue weighted by molar-refractivity contribution is -0.121. The van der Waals surface area contributed by atoms with Gasteiger partial charge in [-0.15, -0.1) is 0 Å². The molecule has 4 nitrogen and oxygen atoms in total. The van der Waals surface area contributed by atoms with Gasteiger partial charge in [-0.25, -0.2) is 0 Å². The molecule has 0 radical (unpaired) electrons. The molecule has 0 saturated carbocycles. The van der Waals surface area contributed by atoms with Crippen molar-refractivity contribution >= 4 is 11.6 Å². The van der Waals surface area contributed by atoms with Crippen molar-refractivity contribution < 1.29 is 9.53 Å². The monoisotopic (exact) mass is 340 g/mol. The Labute approximate surface area is 150 Å². The van der Waals surface area contributed by atoms with Gasteiger partial charge in [-0.3, -0.25) is 4.79 Å². The number of para-hydroxylation sites is 2. The molecule has 2 rings (SSSR count). The second kappa shape index (κ2) is 8.56. The van der Waals surface area contributed by atoms with Gasteiger partial charge >= 0.3 is 0 Å². The van der Waals surface area contributed by atoms with Gasteiger partial charge in [0.2, 0.25) is 5.91 Å². The minimum Gasteiger partial charge on any atom is -0.496 e. The first-order valence-corrected chi connectivity index (χ1v) is 8.64. The molecule has 0 fully saturated rings. The molecule has 0 aliphatic rings. The zero-order valence-corrected chi connectivity index (χ0v) is 15.6. The lowest BCUT2D eigenvalue weighted by Crippen LogP contribution is -2.25. The molecule has 2 aromatic rings. The highest BCUT2D eigenvalue weighted by Gasteiger charge is 2.17. The number of anilines is 1. The zero-order chi connectivity index (χ0) is 18.3. The summed E-state index contributed by atoms with van der Waals surface area (Å²) >= 11 is 0. The van der Waals surface area contributed by atoms with Crippen molar-refractivity contribution in [3.05, 3.63) is 59.7 Å². The third kappa shape index (κ3) is 5.52. The molecule has 25 heavy (non-hydrogen) atoms. The van der Waals surface area contributed by atoms with E-state index in [2.05, 4.69) is 43.5 Å². The van der Waals surface area contributed by atoms with Gasteiger partial charge < -0.3 is 15.4 Å². The summed E-state index contributed by atoms with van der Waals surface area (Å²) in [7, 11) is 1.64. The standard InChI is InChI=1S/C21H28N2O2/c1-21(2,3)17-10-6-7-11-18(17)22-14-13-20(24)23-15-16-9-5-8-12-19(16)25-4/h5-12,22H,13-15H2,1-4H3,(H,23,24). The number of methoxy groups -OCH3 is 1. The number of rotatable bonds is 7. The Kier molecular flexibility index (Phi) is 6.45. The van der Waals surface area contributed by atoms with Gasteiger partial charge in [-0.1, -0.05) is 57.2 Å². The summed E-state index contributed by atoms with van der Waals surface area (Å²) in [5.74, 6) is 0.812. The molecule has 0 heterocycles. The number of carbonyl (C=O) groups is 1. The number of hydrogen-bond donors (Lipinski definition) is 2. The number of amides is 1. The predicted molar refractivity (Wildman–Crippen MR) is 103 cm³/mol. The molecule has 0 unspecified atom stereocenters. The number of benzene rings is 2. The van der Waals surface area contributed by atoms with Crippen LogP contribution in [0.4, 0.5) is 5.69 Å². The molecule has 2 aromatic carbocycles. The Balaban J connectivity index is 1.83. The normalized spacial score (nSPS) is 11.0. The van der Waals surface area contributed by atoms with Crippen LogP contribution in [0.2, 0.25) is 0 Å². The second-order valence-corrected chi connectivity index (χ2v) is 7.06. The highest BCUT2D eigenvalue weighted by Crippen LogP contribution is 2.29. The van der Waals surface area contributed by atoms with Crippen molar-refractivity contribution in [2.45, 2.75) is 39.2 Å². The van der Waals surface area contributed by atoms with Crippen LogP contribution in [0, 0.1) is 0 Å². The molecular formula is C21H28N2O2. The van der Waals surface area contributed by atoms with Gasteiger partial charge in [0.15, 0.2) is 0 Å². The van der Waals surface area contributed by atoms with Crippen molar-refractivity contribution in [2.24, 2.45) is 0 Å². The Morgan fingerprint density at radius 2 is 1.72 bits per heavy atom. The van der Waals surface area contributed by atoms with Gasteiger partial charge in [0, 0.05) is 30.8 Å². The molecule has 134 valence electrons. The van der Waals surface area contributed by atoms with E-state index >= 15 is 0 Å². The predicted octanol–water partition coefficient (Wildman–Crippen LogP) is 4.11. The average Bonchev–Trinajstić information content (AvgIpc) is 2.59. The van der Waals surface area contributed by atoms with Crippen molar-refractivity contribution in [2.75, 3.05) is 19.0 Å². The minimum absolute atomic E-state index is 0.0200. The van der Waals surface area contributed by atoms with Crippen molar-refractivity contribution in [3.8, 4) is 5.75 Å². The van der Waals surface area contributed by atoms with E-state index < -0.39 is 0 Å². The van der Waals surface area contributed by atoms with Crippen molar-refractivity contribution in [3.63, 3.8) is 0 Å². The summed E-state index contributed by atoms with van der Waals surface area (Å²) < 4.78 is 5.30. The molecule has 0 aliphatic heterocycles. The summed E-state index contributed by atoms with van der Waals surface area (Å²) in [4.78, 5) is 12.1. The molecule has 2 N–H and O–H groups in total. The second-order valence-electron chi connectivity index (χ2n) is 7.06. The number of ether oxygens (including phenoxy) is 1. The Morgan fingerprint density at radius 1 is 1.04 bits per heavy atom. The van der Waals surface area contributed by atoms with Crippen molar-refractivity contribution in [1.29, 1.82) is 0 Å². The van der Waals surface area contributed by atoms with Crippen LogP contribution in [0.25, 0.3) is 0 Å². The van der Waals surface area contributed by atoms with E-state index in [1.165, 1.54) is 5.56 Å². The van der Waals surface area contributed by atoms with Gasteiger partial charge in [-0.05, 0) is 23.1 Å². The minimum atomic E-state index is 0.0200. The van der Waals surface area contributed by atoms with Gasteiger partial charge in [0.05, 0.1) is 7.11 Å². The number of hydrogen-bond acceptors (Lipinski definition) is 3. The Morgan fingerprint density at radius 3 is 2.44 bits per heavy atom. The first kappa shape index (κ1) is 18.8. The summed E-state index contributed by atoms with van der Waals surface area (Å²) in [5.41, 5.74) is 3.39. The van der Waals surface area contributed by atoms with Crippen LogP contribution < -0.4 is 15.4 Å². The molecule has 0 aliphatic carbocycles. The largest absolute Gasteiger partial charge is 0.496 e. The molecule has 1 amide bonds. The van der Waals surface area contributed by atoms with Crippen LogP contribution >= 0.6 is 0 Å². The van der Waals surface area contributed by atoms with E-state index in [-0.39, 0.29) is 11.3 Å². The summed E-state index contributed by atoms with van der Waals surface area (Å²) in [5, 5.41) is 6.33. The summed E-state index contributed by atoms with van der Waals surface area (Å²) in [6, 6.07) is 16.0. The average molecular weight is 340 g/mol. The van der Waals surface area contributed by atoms with Crippen LogP contribution in [0.5, 0.6) is 5.75 Å². The maximum atomic E-state index is 12.1. The molecular weight excluding hydrogens is 312 g/mol. The highest BCUT2D eigenvalue weighted by molar-refractivity contribution is 5.76. The maximum absolute atomic E-state index is 12.1. The first-order valence-electron chi connectivity index (χ1n) is 8.64. The zero-order valence-electron chi connectivity index (χ0n) is 15.6. The van der Waals surface area contributed by atoms with E-state index in [1.54, 1.807) is 7.11 Å². The number of carbonyl (C=O) groups excluding carboxylic acids is 1. The summed E-state index contributed by atoms with van der Waals surface area (Å²) in [6.45, 7) is 7.64. The molecule has 0 aromatic heterocycles. The summed E-state index contributed by atoms with van der Waals surface area (Å²) in [6.07, 6.45) is 0.424. The van der Waals surface area contributed by atoms with Crippen LogP contribution in [-0.2, 0) is 16.8 Å². The topological polar surface area (TPSA) is 50.4 Å². The van der Waals surface area contributed by atoms with E-state index in [1.807, 2.05) is 36.4 Å². The molecule has 0 saturated heterocycles. The van der Waals surface area contributed by atoms with Crippen LogP contribution in [0.3, 0.4) is 0 Å². The molecule has 0 bridgehead atoms. The molecule has 4 heteroatoms. The fourth-order valence-corrected chi connectivity index (χ4v) is 2.73. The van der Waals surface area contributed by atoms with Crippen LogP contribution in [0.15, 0.2) is 48.5 Å². The fraction of sp³-hybridized carbons (Fsp3) is 0.381. The van der Waals surface area contributed by atoms with E-state index in [0.717, 1.165) is 17.0 Å². The van der Waals surface area contributed by atoms with E-state index in [9.17, 15) is 4.79 Å². The SMILES string of the molecule is COc1ccccc1CNC(=O)CCNc1ccccc1C(C)(C)C. The highest BCUT2D eigenvalue weighted by atomic mass is 16.5. The molecule has 0 spiro atoms. The quantitative estimate of drug-likeness (QED) is 0.797. The van der Waals surface area contributed by atoms with Crippen LogP contribution in [-0.4, -0.2) is 19.6 Å². The van der Waals surface area contributed by atoms with Gasteiger partial charge in [-0.2, -0.15) is 0 Å². The first-order chi connectivity index (χ1) is 11.9. The lowest BCUT2D eigenvalue weighted by atomic mass is 9.86. The lowest BCUT2D eigenvalue weighted by Gasteiger charge is -2.23. The van der Waals surface area contributed by atoms with Crippen molar-refractivity contribution in [1.82, 2.24) is 5.32 Å². The third-order valence-electron chi connectivity index (χ3n) is 4.07. The maximum Gasteiger partial charge on any atom is 0.222 e. The van der Waals surface area contributed by atoms with E-state index in [0.29, 0.717) is 19.5 Å². The Bertz CT molecular complexity index is 705. The van der Waals surface area contributed by atoms with Gasteiger partial charge in [0.25, 0.3) is 0 Å². The number of nitrogens with one attached hydrogen (secondary N) is 2. The van der Waals surface area contributed by atoms with E-state index in [4.69, 9.17) is 4.74 Å². The Hall–Kier alpha value is -2.49. The fourth-order valence-electron chi connectivity index (χ4n) is 2.73.